The Morgan fingerprint density at radius 2 is 1.79 bits per heavy atom. The van der Waals surface area contributed by atoms with Crippen LogP contribution in [0.15, 0.2) is 12.1 Å². The Hall–Kier alpha value is -2.10. The number of carbonyl (C=O) groups excluding carboxylic acids is 1. The van der Waals surface area contributed by atoms with Crippen LogP contribution in [-0.2, 0) is 11.2 Å². The number of aromatic amines is 1. The summed E-state index contributed by atoms with van der Waals surface area (Å²) in [5.41, 5.74) is 11.5. The summed E-state index contributed by atoms with van der Waals surface area (Å²) in [4.78, 5) is 18.8. The van der Waals surface area contributed by atoms with Gasteiger partial charge in [0.05, 0.1) is 12.1 Å². The number of hydrogen-bond donors (Lipinski definition) is 2. The molecule has 0 saturated heterocycles. The molecule has 0 unspecified atom stereocenters. The monoisotopic (exact) mass is 257 g/mol. The number of benzene rings is 1. The molecule has 4 nitrogen and oxygen atoms in total. The van der Waals surface area contributed by atoms with Crippen LogP contribution in [0.25, 0.3) is 11.4 Å². The number of hydrogen-bond acceptors (Lipinski definition) is 2. The molecular weight excluding hydrogens is 238 g/mol. The third-order valence-electron chi connectivity index (χ3n) is 3.24. The number of imidazole rings is 1. The average Bonchev–Trinajstić information content (AvgIpc) is 2.57. The summed E-state index contributed by atoms with van der Waals surface area (Å²) in [6.07, 6.45) is 0.173. The van der Waals surface area contributed by atoms with Crippen LogP contribution in [0.3, 0.4) is 0 Å². The number of nitrogens with one attached hydrogen (secondary N) is 1. The first kappa shape index (κ1) is 13.3. The molecule has 0 spiro atoms. The summed E-state index contributed by atoms with van der Waals surface area (Å²) < 4.78 is 0. The van der Waals surface area contributed by atoms with E-state index in [1.165, 1.54) is 16.7 Å². The number of nitrogens with zero attached hydrogens (tertiary/aromatic N) is 1. The lowest BCUT2D eigenvalue weighted by atomic mass is 9.99. The molecule has 0 fully saturated rings. The van der Waals surface area contributed by atoms with Gasteiger partial charge in [-0.15, -0.1) is 0 Å². The van der Waals surface area contributed by atoms with E-state index >= 15 is 0 Å². The third kappa shape index (κ3) is 2.67. The molecule has 2 rings (SSSR count). The number of aromatic nitrogens is 2. The maximum atomic E-state index is 11.0. The van der Waals surface area contributed by atoms with E-state index in [9.17, 15) is 4.79 Å². The summed E-state index contributed by atoms with van der Waals surface area (Å²) in [7, 11) is 0. The van der Waals surface area contributed by atoms with Gasteiger partial charge in [-0.2, -0.15) is 0 Å². The van der Waals surface area contributed by atoms with Crippen molar-refractivity contribution in [1.29, 1.82) is 0 Å². The zero-order valence-corrected chi connectivity index (χ0v) is 11.8. The zero-order valence-electron chi connectivity index (χ0n) is 11.8. The van der Waals surface area contributed by atoms with Gasteiger partial charge in [-0.25, -0.2) is 4.98 Å². The normalized spacial score (nSPS) is 10.7. The van der Waals surface area contributed by atoms with Crippen LogP contribution in [0, 0.1) is 27.7 Å². The number of primary amides is 1. The van der Waals surface area contributed by atoms with E-state index in [4.69, 9.17) is 5.73 Å². The lowest BCUT2D eigenvalue weighted by Gasteiger charge is -2.08. The first-order chi connectivity index (χ1) is 8.88. The minimum absolute atomic E-state index is 0.173. The largest absolute Gasteiger partial charge is 0.369 e. The van der Waals surface area contributed by atoms with Crippen molar-refractivity contribution in [1.82, 2.24) is 9.97 Å². The lowest BCUT2D eigenvalue weighted by Crippen LogP contribution is -2.14. The highest BCUT2D eigenvalue weighted by atomic mass is 16.1. The number of amides is 1. The Balaban J connectivity index is 2.51. The predicted octanol–water partition coefficient (Wildman–Crippen LogP) is 2.34. The molecule has 1 aromatic heterocycles. The Labute approximate surface area is 113 Å². The van der Waals surface area contributed by atoms with Crippen molar-refractivity contribution < 1.29 is 4.79 Å². The Kier molecular flexibility index (Phi) is 3.42. The van der Waals surface area contributed by atoms with Gasteiger partial charge in [0, 0.05) is 11.3 Å². The first-order valence-electron chi connectivity index (χ1n) is 6.30. The fourth-order valence-electron chi connectivity index (χ4n) is 2.51. The molecule has 0 atom stereocenters. The highest BCUT2D eigenvalue weighted by Gasteiger charge is 2.14. The summed E-state index contributed by atoms with van der Waals surface area (Å²) in [6.45, 7) is 8.13. The maximum Gasteiger partial charge on any atom is 0.223 e. The van der Waals surface area contributed by atoms with E-state index < -0.39 is 0 Å². The molecule has 0 radical (unpaired) electrons. The summed E-state index contributed by atoms with van der Waals surface area (Å²) >= 11 is 0. The predicted molar refractivity (Wildman–Crippen MR) is 75.9 cm³/mol. The van der Waals surface area contributed by atoms with Crippen molar-refractivity contribution in [2.75, 3.05) is 0 Å². The first-order valence-corrected chi connectivity index (χ1v) is 6.30. The van der Waals surface area contributed by atoms with Crippen LogP contribution in [0.4, 0.5) is 0 Å². The van der Waals surface area contributed by atoms with Crippen LogP contribution in [0.1, 0.15) is 28.1 Å². The molecule has 1 aromatic carbocycles. The molecule has 0 saturated carbocycles. The molecule has 0 bridgehead atoms. The topological polar surface area (TPSA) is 71.8 Å². The van der Waals surface area contributed by atoms with Gasteiger partial charge < -0.3 is 10.7 Å². The van der Waals surface area contributed by atoms with Gasteiger partial charge in [0.25, 0.3) is 0 Å². The number of rotatable bonds is 3. The fourth-order valence-corrected chi connectivity index (χ4v) is 2.51. The zero-order chi connectivity index (χ0) is 14.2. The van der Waals surface area contributed by atoms with Gasteiger partial charge in [-0.3, -0.25) is 4.79 Å². The van der Waals surface area contributed by atoms with E-state index in [2.05, 4.69) is 42.9 Å². The van der Waals surface area contributed by atoms with Crippen LogP contribution in [-0.4, -0.2) is 15.9 Å². The second-order valence-electron chi connectivity index (χ2n) is 5.07. The van der Waals surface area contributed by atoms with Gasteiger partial charge >= 0.3 is 0 Å². The second-order valence-corrected chi connectivity index (χ2v) is 5.07. The third-order valence-corrected chi connectivity index (χ3v) is 3.24. The lowest BCUT2D eigenvalue weighted by molar-refractivity contribution is -0.117. The number of carbonyl (C=O) groups is 1. The molecule has 3 N–H and O–H groups in total. The van der Waals surface area contributed by atoms with Crippen molar-refractivity contribution in [3.05, 3.63) is 40.2 Å². The van der Waals surface area contributed by atoms with Gasteiger partial charge in [0.15, 0.2) is 0 Å². The van der Waals surface area contributed by atoms with Crippen molar-refractivity contribution >= 4 is 5.91 Å². The smallest absolute Gasteiger partial charge is 0.223 e. The van der Waals surface area contributed by atoms with Gasteiger partial charge in [0.2, 0.25) is 5.91 Å². The minimum Gasteiger partial charge on any atom is -0.369 e. The summed E-state index contributed by atoms with van der Waals surface area (Å²) in [5.74, 6) is 0.447. The van der Waals surface area contributed by atoms with E-state index in [1.807, 2.05) is 6.92 Å². The standard InChI is InChI=1S/C15H19N3O/c1-8-5-9(2)14(10(3)6-8)15-17-11(4)12(18-15)7-13(16)19/h5-6H,7H2,1-4H3,(H2,16,19)(H,17,18). The van der Waals surface area contributed by atoms with Crippen LogP contribution >= 0.6 is 0 Å². The highest BCUT2D eigenvalue weighted by Crippen LogP contribution is 2.27. The van der Waals surface area contributed by atoms with Gasteiger partial charge in [-0.05, 0) is 38.8 Å². The molecule has 0 aliphatic rings. The Morgan fingerprint density at radius 3 is 2.32 bits per heavy atom. The number of nitrogens with two attached hydrogens (primary N) is 1. The van der Waals surface area contributed by atoms with Crippen LogP contribution < -0.4 is 5.73 Å². The number of aryl methyl sites for hydroxylation is 4. The SMILES string of the molecule is Cc1cc(C)c(-c2nc(CC(N)=O)c(C)[nH]2)c(C)c1. The molecule has 1 amide bonds. The number of H-pyrrole nitrogens is 1. The van der Waals surface area contributed by atoms with Gasteiger partial charge in [-0.1, -0.05) is 17.7 Å². The van der Waals surface area contributed by atoms with Crippen LogP contribution in [0.5, 0.6) is 0 Å². The van der Waals surface area contributed by atoms with Crippen molar-refractivity contribution in [2.45, 2.75) is 34.1 Å². The molecule has 1 heterocycles. The quantitative estimate of drug-likeness (QED) is 0.885. The fraction of sp³-hybridized carbons (Fsp3) is 0.333. The molecule has 0 aliphatic heterocycles. The maximum absolute atomic E-state index is 11.0. The Morgan fingerprint density at radius 1 is 1.21 bits per heavy atom. The van der Waals surface area contributed by atoms with Crippen molar-refractivity contribution in [3.8, 4) is 11.4 Å². The second kappa shape index (κ2) is 4.88. The average molecular weight is 257 g/mol. The molecule has 0 aliphatic carbocycles. The molecule has 100 valence electrons. The molecular formula is C15H19N3O. The summed E-state index contributed by atoms with van der Waals surface area (Å²) in [5, 5.41) is 0. The van der Waals surface area contributed by atoms with Crippen molar-refractivity contribution in [2.24, 2.45) is 5.73 Å². The van der Waals surface area contributed by atoms with E-state index in [0.29, 0.717) is 0 Å². The molecule has 2 aromatic rings. The minimum atomic E-state index is -0.363. The Bertz CT molecular complexity index is 618. The summed E-state index contributed by atoms with van der Waals surface area (Å²) in [6, 6.07) is 4.27. The highest BCUT2D eigenvalue weighted by molar-refractivity contribution is 5.77. The molecule has 19 heavy (non-hydrogen) atoms. The van der Waals surface area contributed by atoms with E-state index in [1.54, 1.807) is 0 Å². The van der Waals surface area contributed by atoms with Crippen LogP contribution in [0.2, 0.25) is 0 Å². The van der Waals surface area contributed by atoms with Gasteiger partial charge in [0.1, 0.15) is 5.82 Å². The van der Waals surface area contributed by atoms with E-state index in [0.717, 1.165) is 22.8 Å². The molecule has 4 heteroatoms. The van der Waals surface area contributed by atoms with E-state index in [-0.39, 0.29) is 12.3 Å². The van der Waals surface area contributed by atoms with Crippen molar-refractivity contribution in [3.63, 3.8) is 0 Å².